The van der Waals surface area contributed by atoms with Crippen LogP contribution in [0.25, 0.3) is 0 Å². The average molecular weight is 340 g/mol. The van der Waals surface area contributed by atoms with Crippen LogP contribution in [0.3, 0.4) is 0 Å². The van der Waals surface area contributed by atoms with Gasteiger partial charge in [0.1, 0.15) is 5.75 Å². The van der Waals surface area contributed by atoms with Crippen LogP contribution in [0.2, 0.25) is 0 Å². The van der Waals surface area contributed by atoms with E-state index < -0.39 is 10.0 Å². The van der Waals surface area contributed by atoms with E-state index in [0.717, 1.165) is 0 Å². The standard InChI is InChI=1S/C16H24N2O4S/c1-12(2)22-15-8-4-7-14(10-15)17-16(19)13-6-5-9-18(11-13)23(3,20)21/h4,7-8,10,12-13H,5-6,9,11H2,1-3H3,(H,17,19). The zero-order valence-corrected chi connectivity index (χ0v) is 14.6. The molecule has 1 unspecified atom stereocenters. The van der Waals surface area contributed by atoms with Crippen molar-refractivity contribution in [3.8, 4) is 5.75 Å². The van der Waals surface area contributed by atoms with Gasteiger partial charge in [0.2, 0.25) is 15.9 Å². The molecular formula is C16H24N2O4S. The van der Waals surface area contributed by atoms with Crippen molar-refractivity contribution in [2.24, 2.45) is 5.92 Å². The van der Waals surface area contributed by atoms with Gasteiger partial charge >= 0.3 is 0 Å². The largest absolute Gasteiger partial charge is 0.491 e. The first-order chi connectivity index (χ1) is 10.8. The number of amides is 1. The topological polar surface area (TPSA) is 75.7 Å². The Morgan fingerprint density at radius 3 is 2.78 bits per heavy atom. The summed E-state index contributed by atoms with van der Waals surface area (Å²) in [6.45, 7) is 4.60. The van der Waals surface area contributed by atoms with Gasteiger partial charge in [-0.1, -0.05) is 6.07 Å². The van der Waals surface area contributed by atoms with Crippen LogP contribution in [-0.4, -0.2) is 44.1 Å². The molecule has 1 heterocycles. The third kappa shape index (κ3) is 5.21. The van der Waals surface area contributed by atoms with E-state index in [4.69, 9.17) is 4.74 Å². The van der Waals surface area contributed by atoms with E-state index in [1.165, 1.54) is 10.6 Å². The number of benzene rings is 1. The van der Waals surface area contributed by atoms with Gasteiger partial charge in [-0.05, 0) is 38.8 Å². The Labute approximate surface area is 137 Å². The van der Waals surface area contributed by atoms with Crippen molar-refractivity contribution >= 4 is 21.6 Å². The Kier molecular flexibility index (Phi) is 5.64. The Balaban J connectivity index is 2.01. The molecule has 1 saturated heterocycles. The molecule has 128 valence electrons. The number of hydrogen-bond acceptors (Lipinski definition) is 4. The summed E-state index contributed by atoms with van der Waals surface area (Å²) in [5.41, 5.74) is 0.657. The van der Waals surface area contributed by atoms with Crippen molar-refractivity contribution in [2.75, 3.05) is 24.7 Å². The summed E-state index contributed by atoms with van der Waals surface area (Å²) in [5, 5.41) is 2.86. The molecular weight excluding hydrogens is 316 g/mol. The van der Waals surface area contributed by atoms with Crippen molar-refractivity contribution in [3.05, 3.63) is 24.3 Å². The molecule has 1 aliphatic heterocycles. The first-order valence-corrected chi connectivity index (χ1v) is 9.63. The number of ether oxygens (including phenoxy) is 1. The average Bonchev–Trinajstić information content (AvgIpc) is 2.46. The Bertz CT molecular complexity index is 658. The molecule has 0 aliphatic carbocycles. The number of nitrogens with zero attached hydrogens (tertiary/aromatic N) is 1. The minimum absolute atomic E-state index is 0.0580. The maximum atomic E-state index is 12.4. The maximum Gasteiger partial charge on any atom is 0.228 e. The molecule has 0 saturated carbocycles. The van der Waals surface area contributed by atoms with Gasteiger partial charge in [0, 0.05) is 24.8 Å². The number of sulfonamides is 1. The van der Waals surface area contributed by atoms with Crippen molar-refractivity contribution in [1.29, 1.82) is 0 Å². The van der Waals surface area contributed by atoms with Gasteiger partial charge < -0.3 is 10.1 Å². The molecule has 1 fully saturated rings. The lowest BCUT2D eigenvalue weighted by molar-refractivity contribution is -0.120. The summed E-state index contributed by atoms with van der Waals surface area (Å²) in [6.07, 6.45) is 2.63. The van der Waals surface area contributed by atoms with Crippen molar-refractivity contribution in [3.63, 3.8) is 0 Å². The Morgan fingerprint density at radius 2 is 2.13 bits per heavy atom. The maximum absolute atomic E-state index is 12.4. The van der Waals surface area contributed by atoms with Gasteiger partial charge in [0.15, 0.2) is 0 Å². The lowest BCUT2D eigenvalue weighted by Gasteiger charge is -2.30. The fourth-order valence-electron chi connectivity index (χ4n) is 2.62. The minimum atomic E-state index is -3.25. The predicted octanol–water partition coefficient (Wildman–Crippen LogP) is 2.08. The Morgan fingerprint density at radius 1 is 1.39 bits per heavy atom. The van der Waals surface area contributed by atoms with Gasteiger partial charge in [-0.3, -0.25) is 4.79 Å². The van der Waals surface area contributed by atoms with E-state index in [1.54, 1.807) is 12.1 Å². The summed E-state index contributed by atoms with van der Waals surface area (Å²) in [7, 11) is -3.25. The molecule has 0 bridgehead atoms. The van der Waals surface area contributed by atoms with Crippen LogP contribution in [-0.2, 0) is 14.8 Å². The third-order valence-electron chi connectivity index (χ3n) is 3.70. The third-order valence-corrected chi connectivity index (χ3v) is 4.97. The van der Waals surface area contributed by atoms with Gasteiger partial charge in [0.05, 0.1) is 18.3 Å². The molecule has 2 rings (SSSR count). The molecule has 1 aliphatic rings. The van der Waals surface area contributed by atoms with E-state index in [0.29, 0.717) is 30.8 Å². The molecule has 1 atom stereocenters. The van der Waals surface area contributed by atoms with Crippen LogP contribution in [0.15, 0.2) is 24.3 Å². The molecule has 0 aromatic heterocycles. The van der Waals surface area contributed by atoms with E-state index in [-0.39, 0.29) is 24.5 Å². The van der Waals surface area contributed by atoms with Crippen LogP contribution in [0.1, 0.15) is 26.7 Å². The van der Waals surface area contributed by atoms with Crippen LogP contribution in [0.5, 0.6) is 5.75 Å². The number of rotatable bonds is 5. The second kappa shape index (κ2) is 7.31. The predicted molar refractivity (Wildman–Crippen MR) is 90.0 cm³/mol. The normalized spacial score (nSPS) is 19.6. The molecule has 1 N–H and O–H groups in total. The quantitative estimate of drug-likeness (QED) is 0.890. The Hall–Kier alpha value is -1.60. The highest BCUT2D eigenvalue weighted by Gasteiger charge is 2.30. The second-order valence-electron chi connectivity index (χ2n) is 6.14. The molecule has 1 amide bonds. The lowest BCUT2D eigenvalue weighted by atomic mass is 9.98. The van der Waals surface area contributed by atoms with E-state index >= 15 is 0 Å². The monoisotopic (exact) mass is 340 g/mol. The SMILES string of the molecule is CC(C)Oc1cccc(NC(=O)C2CCCN(S(C)(=O)=O)C2)c1. The van der Waals surface area contributed by atoms with E-state index in [1.807, 2.05) is 26.0 Å². The van der Waals surface area contributed by atoms with Gasteiger partial charge in [-0.15, -0.1) is 0 Å². The van der Waals surface area contributed by atoms with Gasteiger partial charge in [0.25, 0.3) is 0 Å². The van der Waals surface area contributed by atoms with E-state index in [2.05, 4.69) is 5.32 Å². The first-order valence-electron chi connectivity index (χ1n) is 7.78. The molecule has 0 radical (unpaired) electrons. The summed E-state index contributed by atoms with van der Waals surface area (Å²) in [4.78, 5) is 12.4. The number of nitrogens with one attached hydrogen (secondary N) is 1. The number of piperidine rings is 1. The van der Waals surface area contributed by atoms with Crippen molar-refractivity contribution in [1.82, 2.24) is 4.31 Å². The highest BCUT2D eigenvalue weighted by atomic mass is 32.2. The molecule has 7 heteroatoms. The fourth-order valence-corrected chi connectivity index (χ4v) is 3.53. The molecule has 1 aromatic rings. The number of anilines is 1. The number of hydrogen-bond donors (Lipinski definition) is 1. The smallest absolute Gasteiger partial charge is 0.228 e. The summed E-state index contributed by atoms with van der Waals surface area (Å²) >= 11 is 0. The number of carbonyl (C=O) groups is 1. The lowest BCUT2D eigenvalue weighted by Crippen LogP contribution is -2.43. The van der Waals surface area contributed by atoms with Crippen molar-refractivity contribution < 1.29 is 17.9 Å². The van der Waals surface area contributed by atoms with Gasteiger partial charge in [-0.25, -0.2) is 12.7 Å². The van der Waals surface area contributed by atoms with Crippen LogP contribution >= 0.6 is 0 Å². The van der Waals surface area contributed by atoms with E-state index in [9.17, 15) is 13.2 Å². The molecule has 6 nitrogen and oxygen atoms in total. The summed E-state index contributed by atoms with van der Waals surface area (Å²) < 4.78 is 30.3. The molecule has 0 spiro atoms. The van der Waals surface area contributed by atoms with Gasteiger partial charge in [-0.2, -0.15) is 0 Å². The fraction of sp³-hybridized carbons (Fsp3) is 0.562. The second-order valence-corrected chi connectivity index (χ2v) is 8.13. The molecule has 23 heavy (non-hydrogen) atoms. The minimum Gasteiger partial charge on any atom is -0.491 e. The number of carbonyl (C=O) groups excluding carboxylic acids is 1. The van der Waals surface area contributed by atoms with Crippen LogP contribution < -0.4 is 10.1 Å². The van der Waals surface area contributed by atoms with Crippen LogP contribution in [0, 0.1) is 5.92 Å². The molecule has 1 aromatic carbocycles. The zero-order valence-electron chi connectivity index (χ0n) is 13.8. The first kappa shape index (κ1) is 17.7. The summed E-state index contributed by atoms with van der Waals surface area (Å²) in [5.74, 6) is 0.215. The van der Waals surface area contributed by atoms with Crippen molar-refractivity contribution in [2.45, 2.75) is 32.8 Å². The zero-order chi connectivity index (χ0) is 17.0. The highest BCUT2D eigenvalue weighted by Crippen LogP contribution is 2.22. The van der Waals surface area contributed by atoms with Crippen LogP contribution in [0.4, 0.5) is 5.69 Å². The highest BCUT2D eigenvalue weighted by molar-refractivity contribution is 7.88. The summed E-state index contributed by atoms with van der Waals surface area (Å²) in [6, 6.07) is 7.22.